The monoisotopic (exact) mass is 461 g/mol. The molecular weight excluding hydrogens is 451 g/mol. The third kappa shape index (κ3) is 3.23. The van der Waals surface area contributed by atoms with Crippen LogP contribution in [-0.4, -0.2) is 25.5 Å². The number of rotatable bonds is 3. The number of benzene rings is 2. The Morgan fingerprint density at radius 3 is 2.41 bits per heavy atom. The van der Waals surface area contributed by atoms with E-state index in [2.05, 4.69) is 20.7 Å². The molecule has 0 saturated heterocycles. The average Bonchev–Trinajstić information content (AvgIpc) is 2.94. The van der Waals surface area contributed by atoms with Gasteiger partial charge in [0.05, 0.1) is 27.6 Å². The largest absolute Gasteiger partial charge is 0.464 e. The molecule has 0 atom stereocenters. The van der Waals surface area contributed by atoms with E-state index in [1.165, 1.54) is 6.07 Å². The molecule has 0 aliphatic heterocycles. The summed E-state index contributed by atoms with van der Waals surface area (Å²) in [5, 5.41) is 0.397. The lowest BCUT2D eigenvalue weighted by Crippen LogP contribution is -2.20. The predicted octanol–water partition coefficient (Wildman–Crippen LogP) is 4.45. The Labute approximate surface area is 160 Å². The molecule has 0 amide bonds. The van der Waals surface area contributed by atoms with Gasteiger partial charge in [0.25, 0.3) is 10.0 Å². The molecule has 27 heavy (non-hydrogen) atoms. The number of carbonyl (C=O) groups is 1. The van der Waals surface area contributed by atoms with Gasteiger partial charge in [-0.05, 0) is 40.2 Å². The molecule has 5 nitrogen and oxygen atoms in total. The average molecular weight is 462 g/mol. The van der Waals surface area contributed by atoms with Crippen molar-refractivity contribution in [2.45, 2.75) is 11.1 Å². The molecule has 142 valence electrons. The number of halogens is 4. The van der Waals surface area contributed by atoms with Crippen LogP contribution in [0.1, 0.15) is 16.1 Å². The molecule has 0 N–H and O–H groups in total. The highest BCUT2D eigenvalue weighted by Gasteiger charge is 2.34. The summed E-state index contributed by atoms with van der Waals surface area (Å²) in [5.41, 5.74) is -1.32. The van der Waals surface area contributed by atoms with Crippen molar-refractivity contribution in [3.05, 3.63) is 64.3 Å². The van der Waals surface area contributed by atoms with E-state index in [9.17, 15) is 26.4 Å². The van der Waals surface area contributed by atoms with Gasteiger partial charge >= 0.3 is 12.1 Å². The van der Waals surface area contributed by atoms with E-state index in [-0.39, 0.29) is 15.7 Å². The summed E-state index contributed by atoms with van der Waals surface area (Å²) < 4.78 is 70.8. The van der Waals surface area contributed by atoms with Crippen LogP contribution in [-0.2, 0) is 20.9 Å². The lowest BCUT2D eigenvalue weighted by Gasteiger charge is -2.13. The first-order chi connectivity index (χ1) is 12.6. The smallest absolute Gasteiger partial charge is 0.416 e. The zero-order valence-corrected chi connectivity index (χ0v) is 16.0. The minimum absolute atomic E-state index is 0.127. The van der Waals surface area contributed by atoms with Gasteiger partial charge in [-0.25, -0.2) is 17.2 Å². The van der Waals surface area contributed by atoms with Gasteiger partial charge in [-0.15, -0.1) is 0 Å². The molecular formula is C17H11BrF3NO4S. The third-order valence-electron chi connectivity index (χ3n) is 3.85. The van der Waals surface area contributed by atoms with E-state index in [1.807, 2.05) is 0 Å². The highest BCUT2D eigenvalue weighted by molar-refractivity contribution is 9.10. The number of esters is 1. The van der Waals surface area contributed by atoms with Crippen LogP contribution in [0.25, 0.3) is 10.9 Å². The highest BCUT2D eigenvalue weighted by Crippen LogP contribution is 2.36. The summed E-state index contributed by atoms with van der Waals surface area (Å²) in [4.78, 5) is 11.6. The number of hydrogen-bond acceptors (Lipinski definition) is 4. The lowest BCUT2D eigenvalue weighted by molar-refractivity contribution is -0.137. The van der Waals surface area contributed by atoms with E-state index in [1.54, 1.807) is 18.2 Å². The Balaban J connectivity index is 2.36. The topological polar surface area (TPSA) is 65.4 Å². The van der Waals surface area contributed by atoms with Gasteiger partial charge < -0.3 is 4.74 Å². The zero-order chi connectivity index (χ0) is 20.0. The number of para-hydroxylation sites is 1. The molecule has 0 unspecified atom stereocenters. The summed E-state index contributed by atoms with van der Waals surface area (Å²) in [6.45, 7) is 0. The second-order valence-corrected chi connectivity index (χ2v) is 8.05. The van der Waals surface area contributed by atoms with Gasteiger partial charge in [-0.3, -0.25) is 0 Å². The minimum Gasteiger partial charge on any atom is -0.464 e. The van der Waals surface area contributed by atoms with Crippen LogP contribution in [0.4, 0.5) is 13.2 Å². The minimum atomic E-state index is -4.71. The van der Waals surface area contributed by atoms with Crippen LogP contribution < -0.4 is 0 Å². The molecule has 10 heteroatoms. The van der Waals surface area contributed by atoms with Crippen molar-refractivity contribution in [3.8, 4) is 0 Å². The van der Waals surface area contributed by atoms with Crippen molar-refractivity contribution in [2.24, 2.45) is 0 Å². The fourth-order valence-electron chi connectivity index (χ4n) is 2.63. The van der Waals surface area contributed by atoms with Crippen LogP contribution in [0.3, 0.4) is 0 Å². The quantitative estimate of drug-likeness (QED) is 0.540. The maximum absolute atomic E-state index is 13.1. The Kier molecular flexibility index (Phi) is 4.81. The van der Waals surface area contributed by atoms with Crippen LogP contribution in [0, 0.1) is 0 Å². The number of methoxy groups -OCH3 is 1. The first-order valence-electron chi connectivity index (χ1n) is 7.39. The van der Waals surface area contributed by atoms with Crippen molar-refractivity contribution in [1.29, 1.82) is 0 Å². The van der Waals surface area contributed by atoms with Gasteiger partial charge in [0.1, 0.15) is 0 Å². The zero-order valence-electron chi connectivity index (χ0n) is 13.6. The number of alkyl halides is 3. The lowest BCUT2D eigenvalue weighted by atomic mass is 10.2. The molecule has 0 saturated carbocycles. The second-order valence-electron chi connectivity index (χ2n) is 5.47. The second kappa shape index (κ2) is 6.68. The SMILES string of the molecule is COC(=O)c1c(Br)c2ccccc2n1S(=O)(=O)c1cccc(C(F)(F)F)c1. The van der Waals surface area contributed by atoms with Gasteiger partial charge in [0, 0.05) is 5.39 Å². The normalized spacial score (nSPS) is 12.3. The molecule has 0 aliphatic rings. The molecule has 0 radical (unpaired) electrons. The van der Waals surface area contributed by atoms with Crippen molar-refractivity contribution < 1.29 is 31.1 Å². The van der Waals surface area contributed by atoms with Crippen LogP contribution in [0.2, 0.25) is 0 Å². The van der Waals surface area contributed by atoms with Crippen molar-refractivity contribution in [3.63, 3.8) is 0 Å². The molecule has 0 aliphatic carbocycles. The third-order valence-corrected chi connectivity index (χ3v) is 6.36. The summed E-state index contributed by atoms with van der Waals surface area (Å²) >= 11 is 3.19. The molecule has 3 aromatic rings. The predicted molar refractivity (Wildman–Crippen MR) is 95.0 cm³/mol. The Morgan fingerprint density at radius 2 is 1.78 bits per heavy atom. The Hall–Kier alpha value is -2.33. The van der Waals surface area contributed by atoms with E-state index < -0.39 is 32.6 Å². The number of ether oxygens (including phenoxy) is 1. The van der Waals surface area contributed by atoms with Crippen LogP contribution in [0.5, 0.6) is 0 Å². The Morgan fingerprint density at radius 1 is 1.11 bits per heavy atom. The molecule has 3 rings (SSSR count). The number of hydrogen-bond donors (Lipinski definition) is 0. The first kappa shape index (κ1) is 19.4. The van der Waals surface area contributed by atoms with Crippen molar-refractivity contribution in [2.75, 3.05) is 7.11 Å². The summed E-state index contributed by atoms with van der Waals surface area (Å²) in [5.74, 6) is -0.950. The molecule has 0 spiro atoms. The van der Waals surface area contributed by atoms with E-state index >= 15 is 0 Å². The van der Waals surface area contributed by atoms with Crippen molar-refractivity contribution >= 4 is 42.8 Å². The van der Waals surface area contributed by atoms with Crippen LogP contribution >= 0.6 is 15.9 Å². The number of carbonyl (C=O) groups excluding carboxylic acids is 1. The number of fused-ring (bicyclic) bond motifs is 1. The molecule has 0 fully saturated rings. The summed E-state index contributed by atoms with van der Waals surface area (Å²) in [6.07, 6.45) is -4.71. The van der Waals surface area contributed by atoms with Gasteiger partial charge in [0.15, 0.2) is 5.69 Å². The van der Waals surface area contributed by atoms with Crippen molar-refractivity contribution in [1.82, 2.24) is 3.97 Å². The van der Waals surface area contributed by atoms with Gasteiger partial charge in [-0.2, -0.15) is 13.2 Å². The molecule has 0 bridgehead atoms. The van der Waals surface area contributed by atoms with E-state index in [0.29, 0.717) is 15.4 Å². The van der Waals surface area contributed by atoms with E-state index in [4.69, 9.17) is 0 Å². The maximum Gasteiger partial charge on any atom is 0.416 e. The fraction of sp³-hybridized carbons (Fsp3) is 0.118. The number of nitrogens with zero attached hydrogens (tertiary/aromatic N) is 1. The summed E-state index contributed by atoms with van der Waals surface area (Å²) in [6, 6.07) is 9.52. The Bertz CT molecular complexity index is 1150. The maximum atomic E-state index is 13.1. The standard InChI is InChI=1S/C17H11BrF3NO4S/c1-26-16(23)15-14(18)12-7-2-3-8-13(12)22(15)27(24,25)11-6-4-5-10(9-11)17(19,20)21/h2-9H,1H3. The number of aromatic nitrogens is 1. The highest BCUT2D eigenvalue weighted by atomic mass is 79.9. The molecule has 2 aromatic carbocycles. The fourth-order valence-corrected chi connectivity index (χ4v) is 4.98. The molecule has 1 aromatic heterocycles. The van der Waals surface area contributed by atoms with E-state index in [0.717, 1.165) is 25.3 Å². The first-order valence-corrected chi connectivity index (χ1v) is 9.62. The molecule has 1 heterocycles. The van der Waals surface area contributed by atoms with Gasteiger partial charge in [-0.1, -0.05) is 24.3 Å². The van der Waals surface area contributed by atoms with Crippen LogP contribution in [0.15, 0.2) is 57.9 Å². The summed E-state index contributed by atoms with van der Waals surface area (Å²) in [7, 11) is -3.45. The van der Waals surface area contributed by atoms with Gasteiger partial charge in [0.2, 0.25) is 0 Å².